The van der Waals surface area contributed by atoms with E-state index in [1.165, 1.54) is 52.5 Å². The zero-order valence-electron chi connectivity index (χ0n) is 15.2. The third-order valence-electron chi connectivity index (χ3n) is 3.72. The molecule has 2 aromatic carbocycles. The first-order valence-corrected chi connectivity index (χ1v) is 9.00. The number of ketones is 1. The minimum Gasteiger partial charge on any atom is -0.493 e. The van der Waals surface area contributed by atoms with Crippen LogP contribution in [0.3, 0.4) is 0 Å². The fourth-order valence-electron chi connectivity index (χ4n) is 2.35. The van der Waals surface area contributed by atoms with Crippen LogP contribution in [0.1, 0.15) is 22.8 Å². The lowest BCUT2D eigenvalue weighted by Gasteiger charge is -2.15. The highest BCUT2D eigenvalue weighted by molar-refractivity contribution is 7.87. The van der Waals surface area contributed by atoms with E-state index in [1.54, 1.807) is 13.0 Å². The normalized spacial score (nSPS) is 11.0. The molecule has 0 heterocycles. The molecular weight excluding hydrogens is 360 g/mol. The van der Waals surface area contributed by atoms with Crippen LogP contribution in [-0.2, 0) is 10.1 Å². The molecule has 26 heavy (non-hydrogen) atoms. The van der Waals surface area contributed by atoms with E-state index in [1.807, 2.05) is 0 Å². The van der Waals surface area contributed by atoms with Crippen molar-refractivity contribution in [3.05, 3.63) is 41.5 Å². The number of benzene rings is 2. The monoisotopic (exact) mass is 380 g/mol. The third-order valence-corrected chi connectivity index (χ3v) is 5.10. The van der Waals surface area contributed by atoms with E-state index in [0.29, 0.717) is 16.9 Å². The summed E-state index contributed by atoms with van der Waals surface area (Å²) in [7, 11) is 0.0661. The highest BCUT2D eigenvalue weighted by Gasteiger charge is 2.24. The number of carbonyl (C=O) groups is 1. The first-order chi connectivity index (χ1) is 12.2. The van der Waals surface area contributed by atoms with Gasteiger partial charge in [-0.15, -0.1) is 0 Å². The van der Waals surface area contributed by atoms with Gasteiger partial charge in [0.05, 0.1) is 21.3 Å². The van der Waals surface area contributed by atoms with E-state index in [2.05, 4.69) is 0 Å². The Bertz CT molecular complexity index is 933. The molecule has 0 atom stereocenters. The lowest BCUT2D eigenvalue weighted by atomic mass is 10.1. The van der Waals surface area contributed by atoms with Crippen molar-refractivity contribution in [2.24, 2.45) is 0 Å². The number of aryl methyl sites for hydroxylation is 1. The van der Waals surface area contributed by atoms with E-state index in [0.717, 1.165) is 0 Å². The van der Waals surface area contributed by atoms with Gasteiger partial charge in [0, 0.05) is 11.6 Å². The van der Waals surface area contributed by atoms with Crippen LogP contribution >= 0.6 is 0 Å². The molecule has 140 valence electrons. The van der Waals surface area contributed by atoms with Crippen molar-refractivity contribution in [2.75, 3.05) is 21.3 Å². The van der Waals surface area contributed by atoms with E-state index in [-0.39, 0.29) is 27.9 Å². The quantitative estimate of drug-likeness (QED) is 0.539. The second kappa shape index (κ2) is 7.65. The number of rotatable bonds is 7. The fraction of sp³-hybridized carbons (Fsp3) is 0.278. The van der Waals surface area contributed by atoms with Crippen LogP contribution in [-0.4, -0.2) is 35.5 Å². The van der Waals surface area contributed by atoms with Gasteiger partial charge in [-0.25, -0.2) is 0 Å². The molecule has 0 saturated carbocycles. The first kappa shape index (κ1) is 19.6. The minimum absolute atomic E-state index is 0.0216. The number of carbonyl (C=O) groups excluding carboxylic acids is 1. The number of ether oxygens (including phenoxy) is 3. The van der Waals surface area contributed by atoms with Gasteiger partial charge in [-0.3, -0.25) is 4.79 Å². The molecule has 7 nitrogen and oxygen atoms in total. The Morgan fingerprint density at radius 2 is 1.38 bits per heavy atom. The maximum Gasteiger partial charge on any atom is 0.339 e. The summed E-state index contributed by atoms with van der Waals surface area (Å²) >= 11 is 0. The zero-order chi connectivity index (χ0) is 19.5. The van der Waals surface area contributed by atoms with Crippen LogP contribution in [0.5, 0.6) is 23.0 Å². The van der Waals surface area contributed by atoms with Crippen molar-refractivity contribution in [2.45, 2.75) is 18.7 Å². The zero-order valence-corrected chi connectivity index (χ0v) is 16.0. The van der Waals surface area contributed by atoms with E-state index in [9.17, 15) is 13.2 Å². The Balaban J connectivity index is 2.48. The summed E-state index contributed by atoms with van der Waals surface area (Å²) in [6.45, 7) is 3.02. The lowest BCUT2D eigenvalue weighted by molar-refractivity contribution is 0.101. The highest BCUT2D eigenvalue weighted by atomic mass is 32.2. The molecule has 0 bridgehead atoms. The van der Waals surface area contributed by atoms with Gasteiger partial charge < -0.3 is 18.4 Å². The van der Waals surface area contributed by atoms with Crippen LogP contribution in [0.25, 0.3) is 0 Å². The van der Waals surface area contributed by atoms with Gasteiger partial charge >= 0.3 is 10.1 Å². The molecule has 2 aromatic rings. The lowest BCUT2D eigenvalue weighted by Crippen LogP contribution is -2.12. The topological polar surface area (TPSA) is 88.1 Å². The number of methoxy groups -OCH3 is 3. The van der Waals surface area contributed by atoms with Crippen molar-refractivity contribution >= 4 is 15.9 Å². The molecule has 0 aromatic heterocycles. The van der Waals surface area contributed by atoms with Crippen molar-refractivity contribution in [3.63, 3.8) is 0 Å². The summed E-state index contributed by atoms with van der Waals surface area (Å²) in [5.41, 5.74) is 0.816. The summed E-state index contributed by atoms with van der Waals surface area (Å²) in [6.07, 6.45) is 0. The Labute approximate surface area is 152 Å². The predicted octanol–water partition coefficient (Wildman–Crippen LogP) is 2.99. The van der Waals surface area contributed by atoms with Crippen molar-refractivity contribution in [1.29, 1.82) is 0 Å². The molecule has 0 spiro atoms. The molecule has 0 aliphatic carbocycles. The van der Waals surface area contributed by atoms with Crippen molar-refractivity contribution in [3.8, 4) is 23.0 Å². The molecular formula is C18H20O7S. The average molecular weight is 380 g/mol. The fourth-order valence-corrected chi connectivity index (χ4v) is 3.52. The smallest absolute Gasteiger partial charge is 0.339 e. The van der Waals surface area contributed by atoms with Crippen LogP contribution in [0, 0.1) is 6.92 Å². The molecule has 2 rings (SSSR count). The Kier molecular flexibility index (Phi) is 5.76. The van der Waals surface area contributed by atoms with Gasteiger partial charge in [-0.05, 0) is 43.7 Å². The summed E-state index contributed by atoms with van der Waals surface area (Å²) in [5, 5.41) is 0. The molecule has 0 aliphatic rings. The largest absolute Gasteiger partial charge is 0.493 e. The average Bonchev–Trinajstić information content (AvgIpc) is 2.60. The number of hydrogen-bond donors (Lipinski definition) is 0. The molecule has 0 aliphatic heterocycles. The molecule has 0 radical (unpaired) electrons. The van der Waals surface area contributed by atoms with Crippen LogP contribution in [0.4, 0.5) is 0 Å². The van der Waals surface area contributed by atoms with E-state index in [4.69, 9.17) is 18.4 Å². The van der Waals surface area contributed by atoms with Gasteiger partial charge in [-0.2, -0.15) is 8.42 Å². The van der Waals surface area contributed by atoms with Gasteiger partial charge in [-0.1, -0.05) is 0 Å². The van der Waals surface area contributed by atoms with E-state index >= 15 is 0 Å². The summed E-state index contributed by atoms with van der Waals surface area (Å²) in [6, 6.07) is 7.15. The summed E-state index contributed by atoms with van der Waals surface area (Å²) in [4.78, 5) is 11.4. The Morgan fingerprint density at radius 3 is 1.92 bits per heavy atom. The standard InChI is InChI=1S/C18H20O7S/c1-11-8-15(22-3)17(24-5)10-18(11)26(20,21)25-14-7-6-13(12(2)19)9-16(14)23-4/h6-10H,1-5H3. The van der Waals surface area contributed by atoms with Crippen molar-refractivity contribution < 1.29 is 31.6 Å². The predicted molar refractivity (Wildman–Crippen MR) is 95.1 cm³/mol. The maximum absolute atomic E-state index is 12.7. The molecule has 0 fully saturated rings. The van der Waals surface area contributed by atoms with Crippen molar-refractivity contribution in [1.82, 2.24) is 0 Å². The summed E-state index contributed by atoms with van der Waals surface area (Å²) < 4.78 is 46.2. The summed E-state index contributed by atoms with van der Waals surface area (Å²) in [5.74, 6) is 0.617. The van der Waals surface area contributed by atoms with E-state index < -0.39 is 10.1 Å². The van der Waals surface area contributed by atoms with Gasteiger partial charge in [0.15, 0.2) is 28.8 Å². The van der Waals surface area contributed by atoms with Gasteiger partial charge in [0.2, 0.25) is 0 Å². The van der Waals surface area contributed by atoms with Gasteiger partial charge in [0.1, 0.15) is 4.90 Å². The maximum atomic E-state index is 12.7. The number of Topliss-reactive ketones (excluding diaryl/α,β-unsaturated/α-hetero) is 1. The molecule has 0 unspecified atom stereocenters. The third kappa shape index (κ3) is 3.91. The molecule has 0 N–H and O–H groups in total. The van der Waals surface area contributed by atoms with Crippen LogP contribution in [0.2, 0.25) is 0 Å². The Hall–Kier alpha value is -2.74. The number of hydrogen-bond acceptors (Lipinski definition) is 7. The Morgan fingerprint density at radius 1 is 0.846 bits per heavy atom. The van der Waals surface area contributed by atoms with Crippen LogP contribution < -0.4 is 18.4 Å². The minimum atomic E-state index is -4.17. The second-order valence-corrected chi connectivity index (χ2v) is 6.95. The highest BCUT2D eigenvalue weighted by Crippen LogP contribution is 2.35. The molecule has 0 saturated heterocycles. The molecule has 8 heteroatoms. The molecule has 0 amide bonds. The SMILES string of the molecule is COc1cc(C)c(S(=O)(=O)Oc2ccc(C(C)=O)cc2OC)cc1OC. The van der Waals surface area contributed by atoms with Crippen LogP contribution in [0.15, 0.2) is 35.2 Å². The second-order valence-electron chi connectivity index (χ2n) is 5.43. The first-order valence-electron chi connectivity index (χ1n) is 7.59. The van der Waals surface area contributed by atoms with Gasteiger partial charge in [0.25, 0.3) is 0 Å².